The molecular weight excluding hydrogens is 340 g/mol. The van der Waals surface area contributed by atoms with Crippen molar-refractivity contribution < 1.29 is 14.6 Å². The van der Waals surface area contributed by atoms with Crippen LogP contribution in [0.5, 0.6) is 5.75 Å². The molecule has 0 aromatic heterocycles. The summed E-state index contributed by atoms with van der Waals surface area (Å²) in [5.74, 6) is 0.437. The van der Waals surface area contributed by atoms with Crippen molar-refractivity contribution >= 4 is 33.7 Å². The van der Waals surface area contributed by atoms with Gasteiger partial charge in [-0.25, -0.2) is 4.79 Å². The molecule has 0 radical (unpaired) electrons. The molecule has 2 aromatic carbocycles. The van der Waals surface area contributed by atoms with Gasteiger partial charge in [-0.05, 0) is 36.4 Å². The molecule has 2 rings (SSSR count). The minimum Gasteiger partial charge on any atom is -0.493 e. The summed E-state index contributed by atoms with van der Waals surface area (Å²) in [6, 6.07) is 14.6. The van der Waals surface area contributed by atoms with Crippen LogP contribution in [-0.4, -0.2) is 23.4 Å². The molecule has 0 atom stereocenters. The van der Waals surface area contributed by atoms with Gasteiger partial charge >= 0.3 is 5.97 Å². The van der Waals surface area contributed by atoms with Gasteiger partial charge in [0.2, 0.25) is 0 Å². The number of carbonyl (C=O) groups is 1. The monoisotopic (exact) mass is 352 g/mol. The van der Waals surface area contributed by atoms with Crippen LogP contribution in [0.4, 0.5) is 0 Å². The molecule has 0 amide bonds. The van der Waals surface area contributed by atoms with E-state index in [2.05, 4.69) is 22.0 Å². The Morgan fingerprint density at radius 3 is 2.75 bits per heavy atom. The van der Waals surface area contributed by atoms with Crippen molar-refractivity contribution in [2.24, 2.45) is 0 Å². The average molecular weight is 353 g/mol. The van der Waals surface area contributed by atoms with E-state index in [0.29, 0.717) is 12.4 Å². The van der Waals surface area contributed by atoms with Gasteiger partial charge in [0.05, 0.1) is 12.2 Å². The van der Waals surface area contributed by atoms with Crippen LogP contribution in [0.3, 0.4) is 0 Å². The normalized spacial score (nSPS) is 10.2. The minimum atomic E-state index is -0.945. The maximum atomic E-state index is 10.8. The highest BCUT2D eigenvalue weighted by molar-refractivity contribution is 9.10. The summed E-state index contributed by atoms with van der Waals surface area (Å²) >= 11 is 5.12. The Balaban J connectivity index is 1.81. The molecule has 0 aliphatic rings. The molecule has 0 fully saturated rings. The lowest BCUT2D eigenvalue weighted by Crippen LogP contribution is -2.02. The molecule has 0 saturated heterocycles. The fourth-order valence-corrected chi connectivity index (χ4v) is 2.93. The predicted molar refractivity (Wildman–Crippen MR) is 83.8 cm³/mol. The largest absolute Gasteiger partial charge is 0.493 e. The Kier molecular flexibility index (Phi) is 5.49. The van der Waals surface area contributed by atoms with Gasteiger partial charge in [-0.2, -0.15) is 0 Å². The van der Waals surface area contributed by atoms with E-state index in [1.54, 1.807) is 30.0 Å². The summed E-state index contributed by atoms with van der Waals surface area (Å²) in [6.07, 6.45) is 0. The van der Waals surface area contributed by atoms with E-state index in [1.807, 2.05) is 18.2 Å². The number of carboxylic acids is 1. The Hall–Kier alpha value is -1.46. The average Bonchev–Trinajstić information content (AvgIpc) is 2.44. The van der Waals surface area contributed by atoms with Crippen LogP contribution in [0.1, 0.15) is 10.4 Å². The number of thioether (sulfide) groups is 1. The number of ether oxygens (including phenoxy) is 1. The van der Waals surface area contributed by atoms with E-state index < -0.39 is 5.97 Å². The molecule has 0 heterocycles. The number of aromatic carboxylic acids is 1. The van der Waals surface area contributed by atoms with Crippen LogP contribution in [0.2, 0.25) is 0 Å². The van der Waals surface area contributed by atoms with Gasteiger partial charge in [-0.15, -0.1) is 11.8 Å². The first-order chi connectivity index (χ1) is 9.65. The summed E-state index contributed by atoms with van der Waals surface area (Å²) in [7, 11) is 0. The van der Waals surface area contributed by atoms with Crippen LogP contribution < -0.4 is 4.74 Å². The molecule has 104 valence electrons. The molecule has 0 aliphatic heterocycles. The molecule has 0 bridgehead atoms. The molecule has 2 aromatic rings. The van der Waals surface area contributed by atoms with Gasteiger partial charge in [0.1, 0.15) is 5.75 Å². The van der Waals surface area contributed by atoms with Crippen LogP contribution in [0, 0.1) is 0 Å². The SMILES string of the molecule is O=C(O)c1cccc(OCCSc2cccc(Br)c2)c1. The first-order valence-electron chi connectivity index (χ1n) is 6.00. The molecule has 0 saturated carbocycles. The van der Waals surface area contributed by atoms with Crippen LogP contribution in [-0.2, 0) is 0 Å². The molecular formula is C15H13BrO3S. The summed E-state index contributed by atoms with van der Waals surface area (Å²) in [6.45, 7) is 0.528. The van der Waals surface area contributed by atoms with E-state index >= 15 is 0 Å². The van der Waals surface area contributed by atoms with E-state index in [-0.39, 0.29) is 5.56 Å². The molecule has 0 aliphatic carbocycles. The highest BCUT2D eigenvalue weighted by atomic mass is 79.9. The molecule has 0 unspecified atom stereocenters. The molecule has 1 N–H and O–H groups in total. The molecule has 3 nitrogen and oxygen atoms in total. The van der Waals surface area contributed by atoms with E-state index in [9.17, 15) is 4.79 Å². The van der Waals surface area contributed by atoms with Gasteiger partial charge in [0.25, 0.3) is 0 Å². The molecule has 20 heavy (non-hydrogen) atoms. The molecule has 5 heteroatoms. The maximum absolute atomic E-state index is 10.8. The Bertz CT molecular complexity index is 601. The van der Waals surface area contributed by atoms with Crippen LogP contribution in [0.25, 0.3) is 0 Å². The highest BCUT2D eigenvalue weighted by Crippen LogP contribution is 2.22. The lowest BCUT2D eigenvalue weighted by atomic mass is 10.2. The minimum absolute atomic E-state index is 0.238. The lowest BCUT2D eigenvalue weighted by Gasteiger charge is -2.07. The predicted octanol–water partition coefficient (Wildman–Crippen LogP) is 4.32. The highest BCUT2D eigenvalue weighted by Gasteiger charge is 2.03. The number of rotatable bonds is 6. The van der Waals surface area contributed by atoms with E-state index in [4.69, 9.17) is 9.84 Å². The summed E-state index contributed by atoms with van der Waals surface area (Å²) in [5, 5.41) is 8.89. The van der Waals surface area contributed by atoms with Gasteiger partial charge < -0.3 is 9.84 Å². The first-order valence-corrected chi connectivity index (χ1v) is 7.77. The first kappa shape index (κ1) is 14.9. The number of halogens is 1. The van der Waals surface area contributed by atoms with Crippen molar-refractivity contribution in [3.05, 3.63) is 58.6 Å². The second-order valence-corrected chi connectivity index (χ2v) is 6.07. The van der Waals surface area contributed by atoms with Gasteiger partial charge in [-0.1, -0.05) is 28.1 Å². The zero-order chi connectivity index (χ0) is 14.4. The topological polar surface area (TPSA) is 46.5 Å². The van der Waals surface area contributed by atoms with E-state index in [1.165, 1.54) is 11.0 Å². The zero-order valence-electron chi connectivity index (χ0n) is 10.6. The van der Waals surface area contributed by atoms with Crippen molar-refractivity contribution in [2.75, 3.05) is 12.4 Å². The van der Waals surface area contributed by atoms with Gasteiger partial charge in [0.15, 0.2) is 0 Å². The van der Waals surface area contributed by atoms with Gasteiger partial charge in [0, 0.05) is 15.1 Å². The zero-order valence-corrected chi connectivity index (χ0v) is 13.0. The summed E-state index contributed by atoms with van der Waals surface area (Å²) in [4.78, 5) is 12.0. The van der Waals surface area contributed by atoms with Crippen molar-refractivity contribution in [1.29, 1.82) is 0 Å². The fourth-order valence-electron chi connectivity index (χ4n) is 1.59. The smallest absolute Gasteiger partial charge is 0.335 e. The van der Waals surface area contributed by atoms with Gasteiger partial charge in [-0.3, -0.25) is 0 Å². The third-order valence-electron chi connectivity index (χ3n) is 2.50. The quantitative estimate of drug-likeness (QED) is 0.621. The van der Waals surface area contributed by atoms with Crippen molar-refractivity contribution in [3.63, 3.8) is 0 Å². The van der Waals surface area contributed by atoms with Crippen LogP contribution in [0.15, 0.2) is 57.9 Å². The maximum Gasteiger partial charge on any atom is 0.335 e. The van der Waals surface area contributed by atoms with Crippen molar-refractivity contribution in [1.82, 2.24) is 0 Å². The Morgan fingerprint density at radius 2 is 2.00 bits per heavy atom. The molecule has 0 spiro atoms. The standard InChI is InChI=1S/C15H13BrO3S/c16-12-4-2-6-14(10-12)20-8-7-19-13-5-1-3-11(9-13)15(17)18/h1-6,9-10H,7-8H2,(H,17,18). The second kappa shape index (κ2) is 7.36. The summed E-state index contributed by atoms with van der Waals surface area (Å²) < 4.78 is 6.61. The Labute approximate surface area is 130 Å². The number of hydrogen-bond donors (Lipinski definition) is 1. The number of carboxylic acid groups (broad SMARTS) is 1. The number of hydrogen-bond acceptors (Lipinski definition) is 3. The van der Waals surface area contributed by atoms with E-state index in [0.717, 1.165) is 10.2 Å². The van der Waals surface area contributed by atoms with Crippen LogP contribution >= 0.6 is 27.7 Å². The third-order valence-corrected chi connectivity index (χ3v) is 3.95. The van der Waals surface area contributed by atoms with Crippen molar-refractivity contribution in [3.8, 4) is 5.75 Å². The summed E-state index contributed by atoms with van der Waals surface area (Å²) in [5.41, 5.74) is 0.238. The third kappa shape index (κ3) is 4.58. The van der Waals surface area contributed by atoms with Crippen molar-refractivity contribution in [2.45, 2.75) is 4.90 Å². The second-order valence-electron chi connectivity index (χ2n) is 3.99. The Morgan fingerprint density at radius 1 is 1.20 bits per heavy atom. The lowest BCUT2D eigenvalue weighted by molar-refractivity contribution is 0.0696. The fraction of sp³-hybridized carbons (Fsp3) is 0.133. The number of benzene rings is 2.